The number of carbonyl (C=O) groups is 1. The summed E-state index contributed by atoms with van der Waals surface area (Å²) in [6.07, 6.45) is -2.11. The van der Waals surface area contributed by atoms with Gasteiger partial charge in [-0.1, -0.05) is 6.07 Å². The molecule has 0 aliphatic carbocycles. The summed E-state index contributed by atoms with van der Waals surface area (Å²) in [5.74, 6) is -2.69. The quantitative estimate of drug-likeness (QED) is 0.577. The molecule has 3 rings (SSSR count). The maximum Gasteiger partial charge on any atom is 0.416 e. The molecule has 0 aliphatic rings. The summed E-state index contributed by atoms with van der Waals surface area (Å²) in [4.78, 5) is 16.3. The molecule has 1 aromatic heterocycles. The minimum absolute atomic E-state index is 0.0949. The van der Waals surface area contributed by atoms with Gasteiger partial charge in [0.05, 0.1) is 18.2 Å². The van der Waals surface area contributed by atoms with Crippen LogP contribution < -0.4 is 5.32 Å². The smallest absolute Gasteiger partial charge is 0.381 e. The third kappa shape index (κ3) is 4.88. The van der Waals surface area contributed by atoms with Crippen molar-refractivity contribution in [3.63, 3.8) is 0 Å². The van der Waals surface area contributed by atoms with Crippen LogP contribution in [0.3, 0.4) is 0 Å². The van der Waals surface area contributed by atoms with Crippen LogP contribution in [0.4, 0.5) is 22.0 Å². The second kappa shape index (κ2) is 8.42. The average molecular weight is 440 g/mol. The molecule has 31 heavy (non-hydrogen) atoms. The van der Waals surface area contributed by atoms with Gasteiger partial charge in [0.15, 0.2) is 0 Å². The van der Waals surface area contributed by atoms with E-state index in [2.05, 4.69) is 15.4 Å². The number of nitrogens with zero attached hydrogens (tertiary/aromatic N) is 3. The molecule has 0 unspecified atom stereocenters. The Hall–Kier alpha value is -3.34. The fraction of sp³-hybridized carbons (Fsp3) is 0.250. The Balaban J connectivity index is 1.89. The van der Waals surface area contributed by atoms with E-state index in [1.807, 2.05) is 0 Å². The highest BCUT2D eigenvalue weighted by atomic mass is 19.4. The Morgan fingerprint density at radius 1 is 1.16 bits per heavy atom. The van der Waals surface area contributed by atoms with Gasteiger partial charge in [-0.2, -0.15) is 18.3 Å². The van der Waals surface area contributed by atoms with Crippen molar-refractivity contribution in [2.75, 3.05) is 0 Å². The van der Waals surface area contributed by atoms with E-state index in [1.165, 1.54) is 24.3 Å². The van der Waals surface area contributed by atoms with E-state index in [1.54, 1.807) is 0 Å². The molecule has 0 saturated heterocycles. The molecule has 0 bridgehead atoms. The number of hydrogen-bond acceptors (Lipinski definition) is 4. The summed E-state index contributed by atoms with van der Waals surface area (Å²) < 4.78 is 67.2. The first-order valence-electron chi connectivity index (χ1n) is 8.99. The number of hydrogen-bond donors (Lipinski definition) is 2. The molecule has 6 nitrogen and oxygen atoms in total. The minimum Gasteiger partial charge on any atom is -0.381 e. The van der Waals surface area contributed by atoms with Crippen LogP contribution in [0.25, 0.3) is 0 Å². The lowest BCUT2D eigenvalue weighted by Crippen LogP contribution is -2.51. The molecule has 0 saturated carbocycles. The third-order valence-electron chi connectivity index (χ3n) is 4.81. The summed E-state index contributed by atoms with van der Waals surface area (Å²) in [7, 11) is 0. The van der Waals surface area contributed by atoms with Gasteiger partial charge in [0.25, 0.3) is 5.91 Å². The van der Waals surface area contributed by atoms with Gasteiger partial charge in [0.1, 0.15) is 29.9 Å². The van der Waals surface area contributed by atoms with Gasteiger partial charge in [0, 0.05) is 17.2 Å². The Bertz CT molecular complexity index is 1050. The second-order valence-electron chi connectivity index (χ2n) is 6.91. The van der Waals surface area contributed by atoms with Crippen LogP contribution in [0.5, 0.6) is 0 Å². The topological polar surface area (TPSA) is 80.0 Å². The summed E-state index contributed by atoms with van der Waals surface area (Å²) in [6, 6.07) is 4.90. The average Bonchev–Trinajstić information content (AvgIpc) is 3.19. The number of carbonyl (C=O) groups excluding carboxylic acids is 1. The first-order chi connectivity index (χ1) is 14.5. The van der Waals surface area contributed by atoms with Crippen LogP contribution in [0.15, 0.2) is 55.1 Å². The summed E-state index contributed by atoms with van der Waals surface area (Å²) in [5, 5.41) is 17.6. The fourth-order valence-electron chi connectivity index (χ4n) is 3.07. The zero-order chi connectivity index (χ0) is 22.8. The SMILES string of the molecule is C[C@@H](NC(=O)c1ccc(C(F)(F)F)cc1)[C@](O)(Cn1cncn1)c1ccc(F)cc1F. The maximum atomic E-state index is 14.5. The maximum absolute atomic E-state index is 14.5. The van der Waals surface area contributed by atoms with E-state index in [9.17, 15) is 31.9 Å². The number of aliphatic hydroxyl groups is 1. The predicted octanol–water partition coefficient (Wildman–Crippen LogP) is 3.28. The molecule has 1 amide bonds. The van der Waals surface area contributed by atoms with Gasteiger partial charge in [-0.25, -0.2) is 18.4 Å². The van der Waals surface area contributed by atoms with E-state index in [4.69, 9.17) is 0 Å². The molecule has 0 aliphatic heterocycles. The van der Waals surface area contributed by atoms with Crippen LogP contribution >= 0.6 is 0 Å². The van der Waals surface area contributed by atoms with Crippen molar-refractivity contribution >= 4 is 5.91 Å². The molecule has 11 heteroatoms. The molecule has 0 spiro atoms. The molecular formula is C20H17F5N4O2. The summed E-state index contributed by atoms with van der Waals surface area (Å²) in [5.41, 5.74) is -3.41. The highest BCUT2D eigenvalue weighted by Crippen LogP contribution is 2.31. The number of amides is 1. The van der Waals surface area contributed by atoms with Crippen molar-refractivity contribution < 1.29 is 31.9 Å². The van der Waals surface area contributed by atoms with Crippen LogP contribution in [0.1, 0.15) is 28.4 Å². The van der Waals surface area contributed by atoms with E-state index in [0.717, 1.165) is 36.4 Å². The summed E-state index contributed by atoms with van der Waals surface area (Å²) in [6.45, 7) is 1.03. The van der Waals surface area contributed by atoms with Gasteiger partial charge in [-0.15, -0.1) is 0 Å². The van der Waals surface area contributed by atoms with Crippen molar-refractivity contribution in [1.29, 1.82) is 0 Å². The van der Waals surface area contributed by atoms with Crippen molar-refractivity contribution in [3.8, 4) is 0 Å². The van der Waals surface area contributed by atoms with Crippen molar-refractivity contribution in [2.45, 2.75) is 31.3 Å². The molecule has 0 fully saturated rings. The monoisotopic (exact) mass is 440 g/mol. The van der Waals surface area contributed by atoms with E-state index in [0.29, 0.717) is 6.07 Å². The van der Waals surface area contributed by atoms with Crippen LogP contribution in [0.2, 0.25) is 0 Å². The van der Waals surface area contributed by atoms with Crippen LogP contribution in [-0.2, 0) is 18.3 Å². The lowest BCUT2D eigenvalue weighted by molar-refractivity contribution is -0.137. The van der Waals surface area contributed by atoms with Crippen LogP contribution in [0, 0.1) is 11.6 Å². The van der Waals surface area contributed by atoms with Gasteiger partial charge in [0.2, 0.25) is 0 Å². The molecular weight excluding hydrogens is 423 g/mol. The molecule has 3 aromatic rings. The number of nitrogens with one attached hydrogen (secondary N) is 1. The van der Waals surface area contributed by atoms with Crippen molar-refractivity contribution in [3.05, 3.63) is 83.4 Å². The highest BCUT2D eigenvalue weighted by molar-refractivity contribution is 5.94. The van der Waals surface area contributed by atoms with Gasteiger partial charge >= 0.3 is 6.18 Å². The number of halogens is 5. The minimum atomic E-state index is -4.56. The number of rotatable bonds is 6. The number of aromatic nitrogens is 3. The lowest BCUT2D eigenvalue weighted by atomic mass is 9.86. The number of alkyl halides is 3. The molecule has 2 N–H and O–H groups in total. The Kier molecular flexibility index (Phi) is 6.07. The van der Waals surface area contributed by atoms with E-state index >= 15 is 0 Å². The molecule has 0 radical (unpaired) electrons. The Labute approximate surface area is 173 Å². The molecule has 1 heterocycles. The van der Waals surface area contributed by atoms with Crippen molar-refractivity contribution in [2.24, 2.45) is 0 Å². The zero-order valence-electron chi connectivity index (χ0n) is 16.1. The van der Waals surface area contributed by atoms with Gasteiger partial charge in [-0.05, 0) is 37.3 Å². The first-order valence-corrected chi connectivity index (χ1v) is 8.99. The molecule has 2 aromatic carbocycles. The lowest BCUT2D eigenvalue weighted by Gasteiger charge is -2.35. The molecule has 2 atom stereocenters. The molecule has 164 valence electrons. The zero-order valence-corrected chi connectivity index (χ0v) is 16.1. The fourth-order valence-corrected chi connectivity index (χ4v) is 3.07. The Morgan fingerprint density at radius 2 is 1.84 bits per heavy atom. The highest BCUT2D eigenvalue weighted by Gasteiger charge is 2.40. The standard InChI is InChI=1S/C20H17F5N4O2/c1-12(28-18(30)13-2-4-14(5-3-13)20(23,24)25)19(31,9-29-11-26-10-27-29)16-7-6-15(21)8-17(16)22/h2-8,10-12,31H,9H2,1H3,(H,28,30)/t12-,19-/m1/s1. The van der Waals surface area contributed by atoms with E-state index in [-0.39, 0.29) is 17.7 Å². The number of benzene rings is 2. The van der Waals surface area contributed by atoms with Crippen molar-refractivity contribution in [1.82, 2.24) is 20.1 Å². The summed E-state index contributed by atoms with van der Waals surface area (Å²) >= 11 is 0. The third-order valence-corrected chi connectivity index (χ3v) is 4.81. The largest absolute Gasteiger partial charge is 0.416 e. The predicted molar refractivity (Wildman–Crippen MR) is 98.6 cm³/mol. The van der Waals surface area contributed by atoms with E-state index < -0.39 is 40.9 Å². The normalized spacial score (nSPS) is 14.7. The van der Waals surface area contributed by atoms with Crippen LogP contribution in [-0.4, -0.2) is 31.8 Å². The van der Waals surface area contributed by atoms with Gasteiger partial charge in [-0.3, -0.25) is 4.79 Å². The van der Waals surface area contributed by atoms with Gasteiger partial charge < -0.3 is 10.4 Å². The second-order valence-corrected chi connectivity index (χ2v) is 6.91. The Morgan fingerprint density at radius 3 is 2.39 bits per heavy atom. The first kappa shape index (κ1) is 22.3.